The third-order valence-corrected chi connectivity index (χ3v) is 3.65. The maximum Gasteiger partial charge on any atom is 0.304 e. The van der Waals surface area contributed by atoms with Gasteiger partial charge >= 0.3 is 5.97 Å². The molecule has 0 heterocycles. The summed E-state index contributed by atoms with van der Waals surface area (Å²) in [6, 6.07) is 10.1. The van der Waals surface area contributed by atoms with Crippen LogP contribution in [0.5, 0.6) is 0 Å². The lowest BCUT2D eigenvalue weighted by molar-refractivity contribution is -0.145. The van der Waals surface area contributed by atoms with E-state index in [2.05, 4.69) is 12.1 Å². The summed E-state index contributed by atoms with van der Waals surface area (Å²) in [6.45, 7) is 1.26. The predicted molar refractivity (Wildman–Crippen MR) is 73.6 cm³/mol. The molecule has 3 nitrogen and oxygen atoms in total. The maximum atomic E-state index is 11.0. The number of hydrogen-bond donors (Lipinski definition) is 0. The van der Waals surface area contributed by atoms with Crippen LogP contribution in [0, 0.1) is 0 Å². The van der Waals surface area contributed by atoms with Crippen LogP contribution in [-0.2, 0) is 20.7 Å². The molecule has 0 radical (unpaired) electrons. The SMILES string of the molecule is CC(=O)OC(SCCCc1ccccc1)C(=O)Cl. The molecule has 0 spiro atoms. The number of rotatable bonds is 7. The molecule has 5 heteroatoms. The minimum atomic E-state index is -0.889. The normalized spacial score (nSPS) is 11.9. The summed E-state index contributed by atoms with van der Waals surface area (Å²) in [7, 11) is 0. The third-order valence-electron chi connectivity index (χ3n) is 2.18. The van der Waals surface area contributed by atoms with Crippen molar-refractivity contribution in [2.75, 3.05) is 5.75 Å². The van der Waals surface area contributed by atoms with E-state index in [0.29, 0.717) is 5.75 Å². The van der Waals surface area contributed by atoms with Crippen molar-refractivity contribution in [3.63, 3.8) is 0 Å². The summed E-state index contributed by atoms with van der Waals surface area (Å²) in [5.41, 5.74) is 0.360. The Morgan fingerprint density at radius 1 is 1.33 bits per heavy atom. The van der Waals surface area contributed by atoms with Gasteiger partial charge in [0.05, 0.1) is 0 Å². The first-order valence-corrected chi connectivity index (χ1v) is 7.04. The quantitative estimate of drug-likeness (QED) is 0.334. The summed E-state index contributed by atoms with van der Waals surface area (Å²) < 4.78 is 4.81. The fraction of sp³-hybridized carbons (Fsp3) is 0.385. The number of carbonyl (C=O) groups is 2. The Labute approximate surface area is 116 Å². The van der Waals surface area contributed by atoms with Gasteiger partial charge in [0.15, 0.2) is 0 Å². The van der Waals surface area contributed by atoms with Crippen LogP contribution in [0.25, 0.3) is 0 Å². The summed E-state index contributed by atoms with van der Waals surface area (Å²) in [4.78, 5) is 21.8. The van der Waals surface area contributed by atoms with Crippen LogP contribution in [0.1, 0.15) is 18.9 Å². The van der Waals surface area contributed by atoms with Crippen molar-refractivity contribution in [2.24, 2.45) is 0 Å². The summed E-state index contributed by atoms with van der Waals surface area (Å²) in [5, 5.41) is -0.644. The molecule has 1 unspecified atom stereocenters. The highest BCUT2D eigenvalue weighted by Gasteiger charge is 2.19. The predicted octanol–water partition coefficient (Wildman–Crippen LogP) is 3.01. The van der Waals surface area contributed by atoms with Gasteiger partial charge in [-0.2, -0.15) is 0 Å². The monoisotopic (exact) mass is 286 g/mol. The van der Waals surface area contributed by atoms with Crippen molar-refractivity contribution < 1.29 is 14.3 Å². The van der Waals surface area contributed by atoms with Crippen molar-refractivity contribution in [3.8, 4) is 0 Å². The van der Waals surface area contributed by atoms with Crippen molar-refractivity contribution in [3.05, 3.63) is 35.9 Å². The molecule has 1 rings (SSSR count). The number of benzene rings is 1. The van der Waals surface area contributed by atoms with Gasteiger partial charge in [-0.3, -0.25) is 9.59 Å². The van der Waals surface area contributed by atoms with Crippen LogP contribution in [0.3, 0.4) is 0 Å². The first-order valence-electron chi connectivity index (χ1n) is 5.61. The molecule has 0 aliphatic carbocycles. The Hall–Kier alpha value is -1.00. The topological polar surface area (TPSA) is 43.4 Å². The van der Waals surface area contributed by atoms with Crippen molar-refractivity contribution in [2.45, 2.75) is 25.2 Å². The Morgan fingerprint density at radius 2 is 2.00 bits per heavy atom. The van der Waals surface area contributed by atoms with E-state index in [0.717, 1.165) is 12.8 Å². The number of ether oxygens (including phenoxy) is 1. The molecule has 0 aliphatic heterocycles. The Balaban J connectivity index is 2.27. The standard InChI is InChI=1S/C13H15ClO3S/c1-10(15)17-13(12(14)16)18-9-5-8-11-6-3-2-4-7-11/h2-4,6-7,13H,5,8-9H2,1H3. The highest BCUT2D eigenvalue weighted by Crippen LogP contribution is 2.18. The highest BCUT2D eigenvalue weighted by molar-refractivity contribution is 8.00. The van der Waals surface area contributed by atoms with E-state index in [4.69, 9.17) is 16.3 Å². The first kappa shape index (κ1) is 15.1. The fourth-order valence-corrected chi connectivity index (χ4v) is 2.50. The molecule has 1 aromatic rings. The van der Waals surface area contributed by atoms with E-state index in [1.54, 1.807) is 0 Å². The summed E-state index contributed by atoms with van der Waals surface area (Å²) in [5.74, 6) is 0.218. The third kappa shape index (κ3) is 6.07. The minimum Gasteiger partial charge on any atom is -0.442 e. The molecule has 98 valence electrons. The minimum absolute atomic E-state index is 0.496. The van der Waals surface area contributed by atoms with Gasteiger partial charge in [-0.15, -0.1) is 11.8 Å². The van der Waals surface area contributed by atoms with Gasteiger partial charge in [-0.25, -0.2) is 0 Å². The lowest BCUT2D eigenvalue weighted by atomic mass is 10.1. The smallest absolute Gasteiger partial charge is 0.304 e. The van der Waals surface area contributed by atoms with E-state index in [-0.39, 0.29) is 0 Å². The van der Waals surface area contributed by atoms with Crippen LogP contribution < -0.4 is 0 Å². The van der Waals surface area contributed by atoms with Gasteiger partial charge in [0.1, 0.15) is 0 Å². The van der Waals surface area contributed by atoms with Crippen LogP contribution >= 0.6 is 23.4 Å². The molecule has 0 saturated heterocycles. The Bertz CT molecular complexity index is 394. The zero-order chi connectivity index (χ0) is 13.4. The lowest BCUT2D eigenvalue weighted by Gasteiger charge is -2.11. The van der Waals surface area contributed by atoms with E-state index in [9.17, 15) is 9.59 Å². The second-order valence-electron chi connectivity index (χ2n) is 3.71. The molecule has 0 aliphatic rings. The molecule has 0 fully saturated rings. The zero-order valence-corrected chi connectivity index (χ0v) is 11.7. The van der Waals surface area contributed by atoms with Gasteiger partial charge in [-0.1, -0.05) is 30.3 Å². The summed E-state index contributed by atoms with van der Waals surface area (Å²) >= 11 is 6.60. The average molecular weight is 287 g/mol. The molecule has 1 aromatic carbocycles. The zero-order valence-electron chi connectivity index (χ0n) is 10.1. The molecule has 0 bridgehead atoms. The number of thioether (sulfide) groups is 1. The van der Waals surface area contributed by atoms with Crippen molar-refractivity contribution >= 4 is 34.6 Å². The van der Waals surface area contributed by atoms with E-state index in [1.807, 2.05) is 18.2 Å². The molecular formula is C13H15ClO3S. The van der Waals surface area contributed by atoms with E-state index < -0.39 is 16.6 Å². The van der Waals surface area contributed by atoms with Crippen molar-refractivity contribution in [1.29, 1.82) is 0 Å². The Kier molecular flexibility index (Phi) is 6.83. The summed E-state index contributed by atoms with van der Waals surface area (Å²) in [6.07, 6.45) is 1.83. The number of esters is 1. The van der Waals surface area contributed by atoms with E-state index in [1.165, 1.54) is 24.2 Å². The van der Waals surface area contributed by atoms with Gasteiger partial charge in [0, 0.05) is 6.92 Å². The number of carbonyl (C=O) groups excluding carboxylic acids is 2. The molecule has 0 N–H and O–H groups in total. The highest BCUT2D eigenvalue weighted by atomic mass is 35.5. The van der Waals surface area contributed by atoms with Crippen LogP contribution in [0.15, 0.2) is 30.3 Å². The molecule has 0 amide bonds. The fourth-order valence-electron chi connectivity index (χ4n) is 1.41. The van der Waals surface area contributed by atoms with Crippen molar-refractivity contribution in [1.82, 2.24) is 0 Å². The number of aryl methyl sites for hydroxylation is 1. The van der Waals surface area contributed by atoms with Gasteiger partial charge < -0.3 is 4.74 Å². The van der Waals surface area contributed by atoms with E-state index >= 15 is 0 Å². The molecule has 0 saturated carbocycles. The van der Waals surface area contributed by atoms with Crippen LogP contribution in [0.4, 0.5) is 0 Å². The van der Waals surface area contributed by atoms with Gasteiger partial charge in [-0.05, 0) is 35.8 Å². The first-order chi connectivity index (χ1) is 8.59. The molecule has 0 aromatic heterocycles. The number of halogens is 1. The maximum absolute atomic E-state index is 11.0. The second-order valence-corrected chi connectivity index (χ2v) is 5.25. The van der Waals surface area contributed by atoms with Crippen LogP contribution in [-0.4, -0.2) is 22.4 Å². The lowest BCUT2D eigenvalue weighted by Crippen LogP contribution is -2.19. The van der Waals surface area contributed by atoms with Gasteiger partial charge in [0.25, 0.3) is 5.24 Å². The number of hydrogen-bond acceptors (Lipinski definition) is 4. The Morgan fingerprint density at radius 3 is 2.56 bits per heavy atom. The molecule has 1 atom stereocenters. The van der Waals surface area contributed by atoms with Crippen LogP contribution in [0.2, 0.25) is 0 Å². The average Bonchev–Trinajstić information content (AvgIpc) is 2.33. The molecular weight excluding hydrogens is 272 g/mol. The largest absolute Gasteiger partial charge is 0.442 e. The van der Waals surface area contributed by atoms with Gasteiger partial charge in [0.2, 0.25) is 5.44 Å². The molecule has 18 heavy (non-hydrogen) atoms. The second kappa shape index (κ2) is 8.16.